The van der Waals surface area contributed by atoms with Crippen molar-refractivity contribution in [1.29, 1.82) is 0 Å². The van der Waals surface area contributed by atoms with Gasteiger partial charge in [-0.2, -0.15) is 5.10 Å². The molecule has 0 heterocycles. The molecule has 3 rings (SSSR count). The molecule has 0 aliphatic heterocycles. The molecule has 1 N–H and O–H groups in total. The zero-order valence-electron chi connectivity index (χ0n) is 17.8. The van der Waals surface area contributed by atoms with Gasteiger partial charge in [-0.1, -0.05) is 41.4 Å². The highest BCUT2D eigenvalue weighted by molar-refractivity contribution is 9.10. The lowest BCUT2D eigenvalue weighted by atomic mass is 10.1. The van der Waals surface area contributed by atoms with Crippen molar-refractivity contribution in [3.63, 3.8) is 0 Å². The second kappa shape index (κ2) is 11.8. The first kappa shape index (κ1) is 25.5. The van der Waals surface area contributed by atoms with Gasteiger partial charge in [0.15, 0.2) is 11.5 Å². The van der Waals surface area contributed by atoms with E-state index in [1.54, 1.807) is 30.3 Å². The van der Waals surface area contributed by atoms with Crippen LogP contribution in [0.1, 0.15) is 16.7 Å². The average Bonchev–Trinajstić information content (AvgIpc) is 2.79. The summed E-state index contributed by atoms with van der Waals surface area (Å²) in [6.07, 6.45) is 1.49. The topological polar surface area (TPSA) is 103 Å². The number of nitrogens with zero attached hydrogens (tertiary/aromatic N) is 2. The molecule has 0 spiro atoms. The number of hydrogen-bond acceptors (Lipinski definition) is 6. The average molecular weight is 567 g/mol. The molecule has 176 valence electrons. The van der Waals surface area contributed by atoms with Crippen molar-refractivity contribution >= 4 is 56.9 Å². The normalized spacial score (nSPS) is 10.8. The van der Waals surface area contributed by atoms with Gasteiger partial charge >= 0.3 is 0 Å². The maximum Gasteiger partial charge on any atom is 0.269 e. The van der Waals surface area contributed by atoms with Crippen molar-refractivity contribution in [1.82, 2.24) is 5.43 Å². The van der Waals surface area contributed by atoms with E-state index in [-0.39, 0.29) is 24.6 Å². The highest BCUT2D eigenvalue weighted by Gasteiger charge is 2.13. The smallest absolute Gasteiger partial charge is 0.269 e. The Morgan fingerprint density at radius 1 is 1.18 bits per heavy atom. The van der Waals surface area contributed by atoms with Crippen LogP contribution >= 0.6 is 39.1 Å². The summed E-state index contributed by atoms with van der Waals surface area (Å²) in [6.45, 7) is 0.205. The van der Waals surface area contributed by atoms with Crippen molar-refractivity contribution in [2.75, 3.05) is 7.11 Å². The molecule has 0 saturated heterocycles. The van der Waals surface area contributed by atoms with Crippen molar-refractivity contribution in [3.8, 4) is 11.5 Å². The number of hydrogen-bond donors (Lipinski definition) is 1. The summed E-state index contributed by atoms with van der Waals surface area (Å²) in [5, 5.41) is 15.7. The molecule has 0 bridgehead atoms. The number of carbonyl (C=O) groups excluding carboxylic acids is 1. The SMILES string of the molecule is COc1cc(/C=N/NC(=O)Cc2ccc([N+](=O)[O-])cc2)cc(Br)c1OCc1ccc(Cl)cc1Cl. The molecule has 1 amide bonds. The molecular formula is C23H18BrCl2N3O5. The van der Waals surface area contributed by atoms with Crippen molar-refractivity contribution < 1.29 is 19.2 Å². The number of rotatable bonds is 9. The molecule has 0 aliphatic carbocycles. The van der Waals surface area contributed by atoms with E-state index in [1.807, 2.05) is 0 Å². The number of benzene rings is 3. The van der Waals surface area contributed by atoms with E-state index in [0.29, 0.717) is 37.1 Å². The van der Waals surface area contributed by atoms with E-state index in [2.05, 4.69) is 26.5 Å². The fraction of sp³-hybridized carbons (Fsp3) is 0.130. The molecular weight excluding hydrogens is 549 g/mol. The first-order valence-corrected chi connectivity index (χ1v) is 11.3. The summed E-state index contributed by atoms with van der Waals surface area (Å²) >= 11 is 15.6. The summed E-state index contributed by atoms with van der Waals surface area (Å²) in [4.78, 5) is 22.3. The third-order valence-corrected chi connectivity index (χ3v) is 5.73. The van der Waals surface area contributed by atoms with Gasteiger partial charge in [0, 0.05) is 27.7 Å². The van der Waals surface area contributed by atoms with Gasteiger partial charge in [-0.05, 0) is 51.3 Å². The maximum absolute atomic E-state index is 12.1. The summed E-state index contributed by atoms with van der Waals surface area (Å²) in [5.41, 5.74) is 4.44. The van der Waals surface area contributed by atoms with Gasteiger partial charge in [0.1, 0.15) is 6.61 Å². The Morgan fingerprint density at radius 3 is 2.56 bits per heavy atom. The number of methoxy groups -OCH3 is 1. The Bertz CT molecular complexity index is 1240. The Morgan fingerprint density at radius 2 is 1.91 bits per heavy atom. The van der Waals surface area contributed by atoms with E-state index in [9.17, 15) is 14.9 Å². The number of hydrazone groups is 1. The molecule has 0 aromatic heterocycles. The number of non-ortho nitro benzene ring substituents is 1. The van der Waals surface area contributed by atoms with Gasteiger partial charge in [0.2, 0.25) is 5.91 Å². The van der Waals surface area contributed by atoms with Gasteiger partial charge in [-0.3, -0.25) is 14.9 Å². The third kappa shape index (κ3) is 6.93. The highest BCUT2D eigenvalue weighted by Crippen LogP contribution is 2.37. The van der Waals surface area contributed by atoms with Crippen molar-refractivity contribution in [2.45, 2.75) is 13.0 Å². The van der Waals surface area contributed by atoms with Crippen LogP contribution in [0.2, 0.25) is 10.0 Å². The standard InChI is InChI=1S/C23H18BrCl2N3O5/c1-33-21-9-15(8-19(24)23(21)34-13-16-4-5-17(25)11-20(16)26)12-27-28-22(30)10-14-2-6-18(7-3-14)29(31)32/h2-9,11-12H,10,13H2,1H3,(H,28,30)/b27-12+. The fourth-order valence-corrected chi connectivity index (χ4v) is 3.92. The predicted octanol–water partition coefficient (Wildman–Crippen LogP) is 5.94. The lowest BCUT2D eigenvalue weighted by Crippen LogP contribution is -2.19. The van der Waals surface area contributed by atoms with Gasteiger partial charge in [-0.15, -0.1) is 0 Å². The highest BCUT2D eigenvalue weighted by atomic mass is 79.9. The van der Waals surface area contributed by atoms with Crippen LogP contribution in [0, 0.1) is 10.1 Å². The minimum absolute atomic E-state index is 0.0301. The number of ether oxygens (including phenoxy) is 2. The second-order valence-electron chi connectivity index (χ2n) is 6.95. The Hall–Kier alpha value is -3.14. The Kier molecular flexibility index (Phi) is 8.86. The van der Waals surface area contributed by atoms with Crippen molar-refractivity contribution in [2.24, 2.45) is 5.10 Å². The van der Waals surface area contributed by atoms with Crippen LogP contribution in [0.5, 0.6) is 11.5 Å². The molecule has 3 aromatic rings. The minimum Gasteiger partial charge on any atom is -0.493 e. The number of amides is 1. The van der Waals surface area contributed by atoms with Crippen LogP contribution in [-0.2, 0) is 17.8 Å². The van der Waals surface area contributed by atoms with Crippen LogP contribution in [-0.4, -0.2) is 24.2 Å². The molecule has 34 heavy (non-hydrogen) atoms. The van der Waals surface area contributed by atoms with E-state index in [4.69, 9.17) is 32.7 Å². The van der Waals surface area contributed by atoms with E-state index in [1.165, 1.54) is 37.6 Å². The van der Waals surface area contributed by atoms with Gasteiger partial charge in [0.05, 0.1) is 29.1 Å². The number of carbonyl (C=O) groups is 1. The molecule has 0 saturated carbocycles. The zero-order chi connectivity index (χ0) is 24.7. The largest absolute Gasteiger partial charge is 0.493 e. The summed E-state index contributed by atoms with van der Waals surface area (Å²) in [7, 11) is 1.51. The van der Waals surface area contributed by atoms with E-state index >= 15 is 0 Å². The molecule has 3 aromatic carbocycles. The lowest BCUT2D eigenvalue weighted by Gasteiger charge is -2.14. The lowest BCUT2D eigenvalue weighted by molar-refractivity contribution is -0.384. The van der Waals surface area contributed by atoms with Crippen molar-refractivity contribution in [3.05, 3.63) is 95.9 Å². The Labute approximate surface area is 213 Å². The first-order chi connectivity index (χ1) is 16.3. The van der Waals surface area contributed by atoms with Gasteiger partial charge in [-0.25, -0.2) is 5.43 Å². The summed E-state index contributed by atoms with van der Waals surface area (Å²) < 4.78 is 11.9. The Balaban J connectivity index is 1.62. The van der Waals surface area contributed by atoms with E-state index in [0.717, 1.165) is 5.56 Å². The third-order valence-electron chi connectivity index (χ3n) is 4.55. The molecule has 0 atom stereocenters. The van der Waals surface area contributed by atoms with Gasteiger partial charge < -0.3 is 9.47 Å². The molecule has 11 heteroatoms. The van der Waals surface area contributed by atoms with Crippen LogP contribution in [0.15, 0.2) is 64.2 Å². The van der Waals surface area contributed by atoms with Crippen LogP contribution in [0.4, 0.5) is 5.69 Å². The van der Waals surface area contributed by atoms with Gasteiger partial charge in [0.25, 0.3) is 5.69 Å². The minimum atomic E-state index is -0.496. The van der Waals surface area contributed by atoms with Crippen LogP contribution in [0.25, 0.3) is 0 Å². The number of nitrogens with one attached hydrogen (secondary N) is 1. The number of nitro groups is 1. The zero-order valence-corrected chi connectivity index (χ0v) is 20.9. The molecule has 0 aliphatic rings. The summed E-state index contributed by atoms with van der Waals surface area (Å²) in [5.74, 6) is 0.571. The van der Waals surface area contributed by atoms with Crippen LogP contribution in [0.3, 0.4) is 0 Å². The molecule has 0 fully saturated rings. The number of nitro benzene ring substituents is 1. The fourth-order valence-electron chi connectivity index (χ4n) is 2.88. The van der Waals surface area contributed by atoms with Crippen LogP contribution < -0.4 is 14.9 Å². The monoisotopic (exact) mass is 565 g/mol. The molecule has 0 unspecified atom stereocenters. The number of halogens is 3. The second-order valence-corrected chi connectivity index (χ2v) is 8.65. The summed E-state index contributed by atoms with van der Waals surface area (Å²) in [6, 6.07) is 14.4. The maximum atomic E-state index is 12.1. The quantitative estimate of drug-likeness (QED) is 0.196. The predicted molar refractivity (Wildman–Crippen MR) is 134 cm³/mol. The van der Waals surface area contributed by atoms with E-state index < -0.39 is 4.92 Å². The first-order valence-electron chi connectivity index (χ1n) is 9.76. The molecule has 0 radical (unpaired) electrons. The molecule has 8 nitrogen and oxygen atoms in total.